The van der Waals surface area contributed by atoms with Crippen LogP contribution in [0.3, 0.4) is 0 Å². The zero-order chi connectivity index (χ0) is 13.0. The summed E-state index contributed by atoms with van der Waals surface area (Å²) in [5, 5.41) is 18.2. The second-order valence-electron chi connectivity index (χ2n) is 3.76. The Balaban J connectivity index is 2.19. The smallest absolute Gasteiger partial charge is 0.280 e. The Bertz CT molecular complexity index is 523. The van der Waals surface area contributed by atoms with Crippen molar-refractivity contribution < 1.29 is 4.79 Å². The summed E-state index contributed by atoms with van der Waals surface area (Å²) in [6, 6.07) is 0.139. The minimum Gasteiger partial charge on any atom is -0.366 e. The molecule has 2 rings (SSSR count). The summed E-state index contributed by atoms with van der Waals surface area (Å²) < 4.78 is 0. The van der Waals surface area contributed by atoms with Crippen molar-refractivity contribution >= 4 is 17.7 Å². The molecule has 9 nitrogen and oxygen atoms in total. The van der Waals surface area contributed by atoms with Crippen molar-refractivity contribution in [3.63, 3.8) is 0 Å². The highest BCUT2D eigenvalue weighted by atomic mass is 16.2. The van der Waals surface area contributed by atoms with Gasteiger partial charge in [-0.25, -0.2) is 15.1 Å². The first-order valence-corrected chi connectivity index (χ1v) is 5.29. The van der Waals surface area contributed by atoms with E-state index in [0.29, 0.717) is 5.82 Å². The second kappa shape index (κ2) is 5.17. The number of aromatic nitrogens is 6. The molecule has 0 bridgehead atoms. The molecule has 0 aromatic carbocycles. The van der Waals surface area contributed by atoms with E-state index in [4.69, 9.17) is 0 Å². The Morgan fingerprint density at radius 2 is 2.11 bits per heavy atom. The van der Waals surface area contributed by atoms with Crippen molar-refractivity contribution in [2.24, 2.45) is 0 Å². The number of tetrazole rings is 1. The van der Waals surface area contributed by atoms with Gasteiger partial charge in [-0.15, -0.1) is 0 Å². The van der Waals surface area contributed by atoms with Crippen LogP contribution in [0.5, 0.6) is 0 Å². The predicted octanol–water partition coefficient (Wildman–Crippen LogP) is 0.0623. The molecule has 2 heterocycles. The van der Waals surface area contributed by atoms with Gasteiger partial charge in [0, 0.05) is 18.4 Å². The number of carbonyl (C=O) groups is 1. The Labute approximate surface area is 102 Å². The molecule has 0 aliphatic carbocycles. The van der Waals surface area contributed by atoms with Crippen LogP contribution in [0.25, 0.3) is 0 Å². The molecule has 0 saturated carbocycles. The van der Waals surface area contributed by atoms with Crippen molar-refractivity contribution in [3.05, 3.63) is 18.1 Å². The summed E-state index contributed by atoms with van der Waals surface area (Å²) in [6.07, 6.45) is 2.95. The van der Waals surface area contributed by atoms with Crippen molar-refractivity contribution in [2.45, 2.75) is 19.9 Å². The minimum absolute atomic E-state index is 0.139. The van der Waals surface area contributed by atoms with Gasteiger partial charge in [0.05, 0.1) is 0 Å². The van der Waals surface area contributed by atoms with E-state index in [0.717, 1.165) is 0 Å². The molecule has 3 N–H and O–H groups in total. The molecule has 0 radical (unpaired) electrons. The van der Waals surface area contributed by atoms with Crippen molar-refractivity contribution in [1.82, 2.24) is 30.6 Å². The Hall–Kier alpha value is -2.58. The molecule has 0 fully saturated rings. The van der Waals surface area contributed by atoms with Crippen LogP contribution in [0, 0.1) is 0 Å². The van der Waals surface area contributed by atoms with E-state index >= 15 is 0 Å². The van der Waals surface area contributed by atoms with Crippen LogP contribution in [0.4, 0.5) is 11.8 Å². The molecule has 2 aromatic rings. The number of nitrogens with zero attached hydrogens (tertiary/aromatic N) is 5. The Kier molecular flexibility index (Phi) is 3.41. The number of nitrogens with one attached hydrogen (secondary N) is 3. The van der Waals surface area contributed by atoms with E-state index in [9.17, 15) is 4.79 Å². The van der Waals surface area contributed by atoms with Gasteiger partial charge in [0.1, 0.15) is 0 Å². The molecule has 2 aromatic heterocycles. The van der Waals surface area contributed by atoms with Gasteiger partial charge in [0.25, 0.3) is 5.91 Å². The molecule has 1 amide bonds. The number of carbonyl (C=O) groups excluding carboxylic acids is 1. The zero-order valence-corrected chi connectivity index (χ0v) is 9.88. The third kappa shape index (κ3) is 2.75. The number of amides is 1. The fraction of sp³-hybridized carbons (Fsp3) is 0.333. The van der Waals surface area contributed by atoms with Crippen LogP contribution in [-0.4, -0.2) is 42.5 Å². The molecule has 94 valence electrons. The van der Waals surface area contributed by atoms with Crippen LogP contribution < -0.4 is 10.6 Å². The minimum atomic E-state index is -0.440. The summed E-state index contributed by atoms with van der Waals surface area (Å²) >= 11 is 0. The fourth-order valence-corrected chi connectivity index (χ4v) is 1.26. The lowest BCUT2D eigenvalue weighted by atomic mass is 10.3. The topological polar surface area (TPSA) is 121 Å². The fourth-order valence-electron chi connectivity index (χ4n) is 1.26. The highest BCUT2D eigenvalue weighted by molar-refractivity contribution is 6.04. The lowest BCUT2D eigenvalue weighted by molar-refractivity contribution is 0.102. The summed E-state index contributed by atoms with van der Waals surface area (Å²) in [5.74, 6) is 0.128. The molecule has 0 unspecified atom stereocenters. The highest BCUT2D eigenvalue weighted by Gasteiger charge is 2.16. The summed E-state index contributed by atoms with van der Waals surface area (Å²) in [4.78, 5) is 20.0. The standard InChI is InChI=1S/C9H12N8O/c1-5(2)12-7-6(10-3-4-11-7)8(18)13-9-14-16-17-15-9/h3-5H,1-2H3,(H,11,12)(H2,13,14,15,16,17,18). The number of aromatic amines is 1. The van der Waals surface area contributed by atoms with Crippen molar-refractivity contribution in [2.75, 3.05) is 10.6 Å². The molecule has 0 spiro atoms. The van der Waals surface area contributed by atoms with Gasteiger partial charge in [-0.05, 0) is 24.3 Å². The molecular formula is C9H12N8O. The van der Waals surface area contributed by atoms with Crippen LogP contribution in [0.1, 0.15) is 24.3 Å². The van der Waals surface area contributed by atoms with Gasteiger partial charge in [-0.1, -0.05) is 5.10 Å². The average molecular weight is 248 g/mol. The van der Waals surface area contributed by atoms with E-state index in [1.54, 1.807) is 0 Å². The quantitative estimate of drug-likeness (QED) is 0.699. The summed E-state index contributed by atoms with van der Waals surface area (Å²) in [5.41, 5.74) is 0.183. The maximum atomic E-state index is 11.9. The zero-order valence-electron chi connectivity index (χ0n) is 9.88. The van der Waals surface area contributed by atoms with Crippen molar-refractivity contribution in [1.29, 1.82) is 0 Å². The largest absolute Gasteiger partial charge is 0.366 e. The SMILES string of the molecule is CC(C)Nc1nccnc1C(=O)Nc1nnn[nH]1. The molecule has 18 heavy (non-hydrogen) atoms. The number of H-pyrrole nitrogens is 1. The van der Waals surface area contributed by atoms with Crippen LogP contribution in [0.15, 0.2) is 12.4 Å². The van der Waals surface area contributed by atoms with Crippen LogP contribution in [0.2, 0.25) is 0 Å². The van der Waals surface area contributed by atoms with Crippen LogP contribution in [-0.2, 0) is 0 Å². The Morgan fingerprint density at radius 3 is 2.78 bits per heavy atom. The van der Waals surface area contributed by atoms with E-state index in [2.05, 4.69) is 41.2 Å². The van der Waals surface area contributed by atoms with E-state index < -0.39 is 5.91 Å². The van der Waals surface area contributed by atoms with Gasteiger partial charge in [-0.3, -0.25) is 10.1 Å². The molecule has 0 aliphatic rings. The number of anilines is 2. The summed E-state index contributed by atoms with van der Waals surface area (Å²) in [6.45, 7) is 3.88. The highest BCUT2D eigenvalue weighted by Crippen LogP contribution is 2.11. The number of rotatable bonds is 4. The maximum Gasteiger partial charge on any atom is 0.280 e. The average Bonchev–Trinajstić information content (AvgIpc) is 2.81. The van der Waals surface area contributed by atoms with Crippen LogP contribution >= 0.6 is 0 Å². The molecule has 9 heteroatoms. The lowest BCUT2D eigenvalue weighted by Gasteiger charge is -2.11. The molecular weight excluding hydrogens is 236 g/mol. The van der Waals surface area contributed by atoms with Gasteiger partial charge < -0.3 is 5.32 Å². The lowest BCUT2D eigenvalue weighted by Crippen LogP contribution is -2.20. The Morgan fingerprint density at radius 1 is 1.33 bits per heavy atom. The first-order chi connectivity index (χ1) is 8.66. The predicted molar refractivity (Wildman–Crippen MR) is 62.9 cm³/mol. The van der Waals surface area contributed by atoms with E-state index in [1.807, 2.05) is 13.8 Å². The second-order valence-corrected chi connectivity index (χ2v) is 3.76. The third-order valence-electron chi connectivity index (χ3n) is 1.92. The first-order valence-electron chi connectivity index (χ1n) is 5.29. The molecule has 0 atom stereocenters. The number of hydrogen-bond donors (Lipinski definition) is 3. The monoisotopic (exact) mass is 248 g/mol. The molecule has 0 aliphatic heterocycles. The van der Waals surface area contributed by atoms with Gasteiger partial charge in [0.15, 0.2) is 11.5 Å². The van der Waals surface area contributed by atoms with Gasteiger partial charge in [0.2, 0.25) is 5.95 Å². The third-order valence-corrected chi connectivity index (χ3v) is 1.92. The van der Waals surface area contributed by atoms with Gasteiger partial charge >= 0.3 is 0 Å². The first kappa shape index (κ1) is 11.9. The normalized spacial score (nSPS) is 10.4. The maximum absolute atomic E-state index is 11.9. The summed E-state index contributed by atoms with van der Waals surface area (Å²) in [7, 11) is 0. The van der Waals surface area contributed by atoms with E-state index in [-0.39, 0.29) is 17.7 Å². The number of hydrogen-bond acceptors (Lipinski definition) is 7. The van der Waals surface area contributed by atoms with E-state index in [1.165, 1.54) is 12.4 Å². The van der Waals surface area contributed by atoms with Gasteiger partial charge in [-0.2, -0.15) is 0 Å². The van der Waals surface area contributed by atoms with Crippen molar-refractivity contribution in [3.8, 4) is 0 Å². The molecule has 0 saturated heterocycles.